The highest BCUT2D eigenvalue weighted by Gasteiger charge is 2.25. The molecule has 6 nitrogen and oxygen atoms in total. The van der Waals surface area contributed by atoms with Gasteiger partial charge in [0.1, 0.15) is 5.00 Å². The van der Waals surface area contributed by atoms with E-state index in [0.29, 0.717) is 51.4 Å². The van der Waals surface area contributed by atoms with Gasteiger partial charge in [0, 0.05) is 16.5 Å². The molecule has 1 aromatic carbocycles. The minimum Gasteiger partial charge on any atom is -0.462 e. The number of aryl methyl sites for hydroxylation is 1. The Kier molecular flexibility index (Phi) is 7.18. The number of nitrogens with one attached hydrogen (secondary N) is 1. The quantitative estimate of drug-likeness (QED) is 0.407. The normalized spacial score (nSPS) is 10.8. The summed E-state index contributed by atoms with van der Waals surface area (Å²) in [5.74, 6) is -0.554. The molecule has 2 heterocycles. The van der Waals surface area contributed by atoms with Crippen LogP contribution in [0, 0.1) is 6.92 Å². The maximum absolute atomic E-state index is 12.8. The summed E-state index contributed by atoms with van der Waals surface area (Å²) >= 11 is 13.3. The fourth-order valence-electron chi connectivity index (χ4n) is 2.91. The Morgan fingerprint density at radius 3 is 2.63 bits per heavy atom. The highest BCUT2D eigenvalue weighted by molar-refractivity contribution is 7.16. The lowest BCUT2D eigenvalue weighted by atomic mass is 10.1. The van der Waals surface area contributed by atoms with Crippen LogP contribution in [-0.2, 0) is 11.2 Å². The second-order valence-corrected chi connectivity index (χ2v) is 8.53. The van der Waals surface area contributed by atoms with Crippen LogP contribution in [0.4, 0.5) is 5.00 Å². The molecule has 0 aliphatic carbocycles. The van der Waals surface area contributed by atoms with Crippen molar-refractivity contribution < 1.29 is 18.8 Å². The number of benzene rings is 1. The summed E-state index contributed by atoms with van der Waals surface area (Å²) in [7, 11) is 0. The zero-order valence-electron chi connectivity index (χ0n) is 16.7. The number of nitrogens with zero attached hydrogens (tertiary/aromatic N) is 1. The number of amides is 1. The van der Waals surface area contributed by atoms with E-state index in [2.05, 4.69) is 10.5 Å². The number of hydrogen-bond acceptors (Lipinski definition) is 6. The summed E-state index contributed by atoms with van der Waals surface area (Å²) in [6.45, 7) is 6.11. The van der Waals surface area contributed by atoms with E-state index in [1.54, 1.807) is 18.2 Å². The molecular weight excluding hydrogens is 447 g/mol. The number of halogens is 2. The van der Waals surface area contributed by atoms with Crippen LogP contribution in [0.2, 0.25) is 10.0 Å². The van der Waals surface area contributed by atoms with Gasteiger partial charge >= 0.3 is 5.97 Å². The van der Waals surface area contributed by atoms with Gasteiger partial charge in [0.15, 0.2) is 11.5 Å². The third kappa shape index (κ3) is 4.69. The highest BCUT2D eigenvalue weighted by atomic mass is 35.5. The summed E-state index contributed by atoms with van der Waals surface area (Å²) in [6, 6.07) is 6.49. The molecule has 3 rings (SSSR count). The van der Waals surface area contributed by atoms with Crippen LogP contribution in [0.15, 0.2) is 28.8 Å². The van der Waals surface area contributed by atoms with Crippen molar-refractivity contribution in [3.63, 3.8) is 0 Å². The maximum atomic E-state index is 12.8. The van der Waals surface area contributed by atoms with Gasteiger partial charge in [-0.1, -0.05) is 42.2 Å². The number of carbonyl (C=O) groups is 2. The Bertz CT molecular complexity index is 1090. The Labute approximate surface area is 188 Å². The van der Waals surface area contributed by atoms with E-state index in [-0.39, 0.29) is 5.69 Å². The zero-order chi connectivity index (χ0) is 21.8. The maximum Gasteiger partial charge on any atom is 0.341 e. The van der Waals surface area contributed by atoms with Gasteiger partial charge in [0.05, 0.1) is 22.2 Å². The molecule has 0 aliphatic rings. The van der Waals surface area contributed by atoms with E-state index in [1.807, 2.05) is 20.8 Å². The number of esters is 1. The van der Waals surface area contributed by atoms with Crippen LogP contribution in [0.25, 0.3) is 11.3 Å². The SMILES string of the molecule is CCCOC(=O)c1c(NC(=O)c2cc(-c3ccc(Cl)c(Cl)c3)on2)sc(C)c1CC. The average molecular weight is 467 g/mol. The fourth-order valence-corrected chi connectivity index (χ4v) is 4.34. The van der Waals surface area contributed by atoms with E-state index in [9.17, 15) is 9.59 Å². The van der Waals surface area contributed by atoms with Crippen LogP contribution in [-0.4, -0.2) is 23.6 Å². The molecule has 1 amide bonds. The number of carbonyl (C=O) groups excluding carboxylic acids is 2. The van der Waals surface area contributed by atoms with Gasteiger partial charge in [0.25, 0.3) is 5.91 Å². The molecule has 0 unspecified atom stereocenters. The third-order valence-corrected chi connectivity index (χ3v) is 6.18. The second kappa shape index (κ2) is 9.64. The number of anilines is 1. The van der Waals surface area contributed by atoms with Crippen molar-refractivity contribution in [3.05, 3.63) is 56.0 Å². The first-order chi connectivity index (χ1) is 14.3. The van der Waals surface area contributed by atoms with Crippen molar-refractivity contribution in [1.29, 1.82) is 0 Å². The lowest BCUT2D eigenvalue weighted by molar-refractivity contribution is 0.0505. The zero-order valence-corrected chi connectivity index (χ0v) is 19.0. The number of thiophene rings is 1. The smallest absolute Gasteiger partial charge is 0.341 e. The number of ether oxygens (including phenoxy) is 1. The van der Waals surface area contributed by atoms with Crippen LogP contribution in [0.5, 0.6) is 0 Å². The Hall–Kier alpha value is -2.35. The standard InChI is InChI=1S/C21H20Cl2N2O4S/c1-4-8-28-21(27)18-13(5-2)11(3)30-20(18)24-19(26)16-10-17(29-25-16)12-6-7-14(22)15(23)9-12/h6-7,9-10H,4-5,8H2,1-3H3,(H,24,26). The predicted octanol–water partition coefficient (Wildman–Crippen LogP) is 6.40. The van der Waals surface area contributed by atoms with Crippen molar-refractivity contribution in [3.8, 4) is 11.3 Å². The molecule has 9 heteroatoms. The second-order valence-electron chi connectivity index (χ2n) is 6.49. The van der Waals surface area contributed by atoms with Crippen molar-refractivity contribution in [1.82, 2.24) is 5.16 Å². The van der Waals surface area contributed by atoms with Crippen molar-refractivity contribution in [2.45, 2.75) is 33.6 Å². The number of hydrogen-bond donors (Lipinski definition) is 1. The minimum atomic E-state index is -0.487. The van der Waals surface area contributed by atoms with Gasteiger partial charge in [-0.25, -0.2) is 4.79 Å². The van der Waals surface area contributed by atoms with Crippen LogP contribution in [0.3, 0.4) is 0 Å². The molecule has 0 fully saturated rings. The molecule has 0 atom stereocenters. The molecule has 0 saturated carbocycles. The van der Waals surface area contributed by atoms with Crippen LogP contribution >= 0.6 is 34.5 Å². The molecule has 1 N–H and O–H groups in total. The monoisotopic (exact) mass is 466 g/mol. The lowest BCUT2D eigenvalue weighted by Crippen LogP contribution is -2.15. The molecule has 0 radical (unpaired) electrons. The van der Waals surface area contributed by atoms with Gasteiger partial charge in [0.2, 0.25) is 0 Å². The molecule has 3 aromatic rings. The average Bonchev–Trinajstić information content (AvgIpc) is 3.33. The van der Waals surface area contributed by atoms with Gasteiger partial charge in [-0.15, -0.1) is 11.3 Å². The van der Waals surface area contributed by atoms with E-state index >= 15 is 0 Å². The molecule has 0 bridgehead atoms. The molecule has 158 valence electrons. The third-order valence-electron chi connectivity index (χ3n) is 4.38. The van der Waals surface area contributed by atoms with Gasteiger partial charge < -0.3 is 14.6 Å². The molecule has 2 aromatic heterocycles. The molecule has 0 aliphatic heterocycles. The van der Waals surface area contributed by atoms with E-state index in [1.165, 1.54) is 17.4 Å². The van der Waals surface area contributed by atoms with Crippen molar-refractivity contribution in [2.24, 2.45) is 0 Å². The predicted molar refractivity (Wildman–Crippen MR) is 119 cm³/mol. The Balaban J connectivity index is 1.85. The first-order valence-electron chi connectivity index (χ1n) is 9.38. The first-order valence-corrected chi connectivity index (χ1v) is 11.0. The summed E-state index contributed by atoms with van der Waals surface area (Å²) in [4.78, 5) is 26.3. The summed E-state index contributed by atoms with van der Waals surface area (Å²) < 4.78 is 10.6. The lowest BCUT2D eigenvalue weighted by Gasteiger charge is -2.07. The highest BCUT2D eigenvalue weighted by Crippen LogP contribution is 2.35. The van der Waals surface area contributed by atoms with Crippen molar-refractivity contribution >= 4 is 51.4 Å². The summed E-state index contributed by atoms with van der Waals surface area (Å²) in [5, 5.41) is 7.84. The Morgan fingerprint density at radius 1 is 1.20 bits per heavy atom. The van der Waals surface area contributed by atoms with E-state index < -0.39 is 11.9 Å². The summed E-state index contributed by atoms with van der Waals surface area (Å²) in [6.07, 6.45) is 1.37. The molecule has 30 heavy (non-hydrogen) atoms. The molecular formula is C21H20Cl2N2O4S. The van der Waals surface area contributed by atoms with Crippen molar-refractivity contribution in [2.75, 3.05) is 11.9 Å². The fraction of sp³-hybridized carbons (Fsp3) is 0.286. The van der Waals surface area contributed by atoms with E-state index in [0.717, 1.165) is 10.4 Å². The van der Waals surface area contributed by atoms with E-state index in [4.69, 9.17) is 32.5 Å². The topological polar surface area (TPSA) is 81.4 Å². The number of aromatic nitrogens is 1. The van der Waals surface area contributed by atoms with Gasteiger partial charge in [-0.3, -0.25) is 4.79 Å². The van der Waals surface area contributed by atoms with Crippen LogP contribution in [0.1, 0.15) is 51.6 Å². The molecule has 0 saturated heterocycles. The summed E-state index contributed by atoms with van der Waals surface area (Å²) in [5.41, 5.74) is 1.98. The largest absolute Gasteiger partial charge is 0.462 e. The van der Waals surface area contributed by atoms with Gasteiger partial charge in [-0.2, -0.15) is 0 Å². The first kappa shape index (κ1) is 22.3. The van der Waals surface area contributed by atoms with Crippen LogP contribution < -0.4 is 5.32 Å². The van der Waals surface area contributed by atoms with Gasteiger partial charge in [-0.05, 0) is 43.5 Å². The molecule has 0 spiro atoms. The minimum absolute atomic E-state index is 0.0769. The Morgan fingerprint density at radius 2 is 1.97 bits per heavy atom. The number of rotatable bonds is 7.